The van der Waals surface area contributed by atoms with Crippen LogP contribution in [0.1, 0.15) is 18.1 Å². The quantitative estimate of drug-likeness (QED) is 0.687. The third kappa shape index (κ3) is 4.11. The second-order valence-corrected chi connectivity index (χ2v) is 7.11. The molecule has 6 nitrogen and oxygen atoms in total. The first kappa shape index (κ1) is 17.3. The molecule has 0 aliphatic heterocycles. The van der Waals surface area contributed by atoms with Gasteiger partial charge in [0.15, 0.2) is 16.7 Å². The van der Waals surface area contributed by atoms with E-state index in [4.69, 9.17) is 4.42 Å². The first-order chi connectivity index (χ1) is 12.0. The average molecular weight is 356 g/mol. The molecule has 7 heteroatoms. The predicted octanol–water partition coefficient (Wildman–Crippen LogP) is 3.18. The second kappa shape index (κ2) is 7.57. The molecular formula is C18H20N4O2S. The van der Waals surface area contributed by atoms with Crippen LogP contribution in [0, 0.1) is 6.92 Å². The summed E-state index contributed by atoms with van der Waals surface area (Å²) in [6.45, 7) is 4.41. The number of carbonyl (C=O) groups excluding carboxylic acids is 1. The zero-order valence-electron chi connectivity index (χ0n) is 14.4. The molecule has 0 saturated heterocycles. The summed E-state index contributed by atoms with van der Waals surface area (Å²) in [5.41, 5.74) is 2.28. The van der Waals surface area contributed by atoms with E-state index in [9.17, 15) is 4.79 Å². The van der Waals surface area contributed by atoms with Gasteiger partial charge in [-0.15, -0.1) is 10.2 Å². The van der Waals surface area contributed by atoms with Crippen LogP contribution in [0.25, 0.3) is 11.6 Å². The van der Waals surface area contributed by atoms with Crippen molar-refractivity contribution in [3.05, 3.63) is 53.8 Å². The summed E-state index contributed by atoms with van der Waals surface area (Å²) >= 11 is 1.37. The standard InChI is InChI=1S/C18H20N4O2S/c1-12-6-8-14(9-7-12)11-19-17(23)13(2)25-18-21-20-16(22(18)3)15-5-4-10-24-15/h4-10,13H,11H2,1-3H3,(H,19,23). The fourth-order valence-corrected chi connectivity index (χ4v) is 3.13. The maximum Gasteiger partial charge on any atom is 0.233 e. The van der Waals surface area contributed by atoms with Crippen molar-refractivity contribution in [3.63, 3.8) is 0 Å². The normalized spacial score (nSPS) is 12.1. The van der Waals surface area contributed by atoms with Gasteiger partial charge in [0, 0.05) is 13.6 Å². The van der Waals surface area contributed by atoms with Gasteiger partial charge in [-0.3, -0.25) is 4.79 Å². The van der Waals surface area contributed by atoms with Gasteiger partial charge < -0.3 is 14.3 Å². The lowest BCUT2D eigenvalue weighted by atomic mass is 10.1. The van der Waals surface area contributed by atoms with E-state index in [1.165, 1.54) is 17.3 Å². The van der Waals surface area contributed by atoms with E-state index in [1.807, 2.05) is 55.8 Å². The number of hydrogen-bond acceptors (Lipinski definition) is 5. The molecule has 3 aromatic rings. The Morgan fingerprint density at radius 3 is 2.72 bits per heavy atom. The zero-order chi connectivity index (χ0) is 17.8. The van der Waals surface area contributed by atoms with Crippen LogP contribution in [0.3, 0.4) is 0 Å². The number of furan rings is 1. The maximum atomic E-state index is 12.3. The van der Waals surface area contributed by atoms with Crippen LogP contribution in [0.2, 0.25) is 0 Å². The van der Waals surface area contributed by atoms with Gasteiger partial charge in [0.25, 0.3) is 0 Å². The third-order valence-electron chi connectivity index (χ3n) is 3.82. The number of aryl methyl sites for hydroxylation is 1. The average Bonchev–Trinajstić information content (AvgIpc) is 3.24. The smallest absolute Gasteiger partial charge is 0.233 e. The van der Waals surface area contributed by atoms with E-state index >= 15 is 0 Å². The fraction of sp³-hybridized carbons (Fsp3) is 0.278. The van der Waals surface area contributed by atoms with E-state index in [0.29, 0.717) is 23.3 Å². The lowest BCUT2D eigenvalue weighted by Crippen LogP contribution is -2.30. The van der Waals surface area contributed by atoms with Gasteiger partial charge in [-0.05, 0) is 31.5 Å². The lowest BCUT2D eigenvalue weighted by Gasteiger charge is -2.11. The Bertz CT molecular complexity index is 841. The number of hydrogen-bond donors (Lipinski definition) is 1. The summed E-state index contributed by atoms with van der Waals surface area (Å²) in [6, 6.07) is 11.7. The van der Waals surface area contributed by atoms with Crippen molar-refractivity contribution in [2.24, 2.45) is 7.05 Å². The largest absolute Gasteiger partial charge is 0.461 e. The predicted molar refractivity (Wildman–Crippen MR) is 97.0 cm³/mol. The highest BCUT2D eigenvalue weighted by molar-refractivity contribution is 8.00. The van der Waals surface area contributed by atoms with Crippen molar-refractivity contribution < 1.29 is 9.21 Å². The highest BCUT2D eigenvalue weighted by Gasteiger charge is 2.19. The number of carbonyl (C=O) groups is 1. The van der Waals surface area contributed by atoms with E-state index in [1.54, 1.807) is 12.3 Å². The molecule has 0 radical (unpaired) electrons. The molecule has 0 spiro atoms. The summed E-state index contributed by atoms with van der Waals surface area (Å²) in [7, 11) is 1.86. The summed E-state index contributed by atoms with van der Waals surface area (Å²) in [5, 5.41) is 11.6. The molecule has 0 aliphatic rings. The van der Waals surface area contributed by atoms with Gasteiger partial charge in [0.05, 0.1) is 11.5 Å². The first-order valence-corrected chi connectivity index (χ1v) is 8.85. The van der Waals surface area contributed by atoms with Crippen LogP contribution in [0.4, 0.5) is 0 Å². The van der Waals surface area contributed by atoms with Crippen molar-refractivity contribution in [2.45, 2.75) is 30.8 Å². The van der Waals surface area contributed by atoms with Crippen molar-refractivity contribution in [3.8, 4) is 11.6 Å². The Morgan fingerprint density at radius 2 is 2.04 bits per heavy atom. The Kier molecular flexibility index (Phi) is 5.23. The minimum Gasteiger partial charge on any atom is -0.461 e. The van der Waals surface area contributed by atoms with Gasteiger partial charge in [-0.1, -0.05) is 41.6 Å². The number of benzene rings is 1. The summed E-state index contributed by atoms with van der Waals surface area (Å²) in [6.07, 6.45) is 1.60. The molecule has 25 heavy (non-hydrogen) atoms. The summed E-state index contributed by atoms with van der Waals surface area (Å²) < 4.78 is 7.18. The Hall–Kier alpha value is -2.54. The van der Waals surface area contributed by atoms with Gasteiger partial charge in [-0.25, -0.2) is 0 Å². The Labute approximate surface area is 150 Å². The molecule has 130 valence electrons. The van der Waals surface area contributed by atoms with Crippen molar-refractivity contribution >= 4 is 17.7 Å². The molecule has 1 atom stereocenters. The molecule has 2 heterocycles. The second-order valence-electron chi connectivity index (χ2n) is 5.81. The Morgan fingerprint density at radius 1 is 1.28 bits per heavy atom. The minimum atomic E-state index is -0.280. The van der Waals surface area contributed by atoms with E-state index < -0.39 is 0 Å². The monoisotopic (exact) mass is 356 g/mol. The van der Waals surface area contributed by atoms with Gasteiger partial charge in [-0.2, -0.15) is 0 Å². The fourth-order valence-electron chi connectivity index (χ4n) is 2.29. The molecule has 3 rings (SSSR count). The molecule has 1 amide bonds. The lowest BCUT2D eigenvalue weighted by molar-refractivity contribution is -0.120. The van der Waals surface area contributed by atoms with Gasteiger partial charge >= 0.3 is 0 Å². The van der Waals surface area contributed by atoms with Gasteiger partial charge in [0.2, 0.25) is 5.91 Å². The SMILES string of the molecule is Cc1ccc(CNC(=O)C(C)Sc2nnc(-c3ccco3)n2C)cc1. The van der Waals surface area contributed by atoms with Crippen LogP contribution >= 0.6 is 11.8 Å². The van der Waals surface area contributed by atoms with E-state index in [-0.39, 0.29) is 11.2 Å². The van der Waals surface area contributed by atoms with Gasteiger partial charge in [0.1, 0.15) is 0 Å². The van der Waals surface area contributed by atoms with E-state index in [2.05, 4.69) is 15.5 Å². The first-order valence-electron chi connectivity index (χ1n) is 7.98. The zero-order valence-corrected chi connectivity index (χ0v) is 15.2. The number of rotatable bonds is 6. The molecule has 1 unspecified atom stereocenters. The molecule has 2 aromatic heterocycles. The van der Waals surface area contributed by atoms with Crippen molar-refractivity contribution in [2.75, 3.05) is 0 Å². The van der Waals surface area contributed by atoms with Crippen molar-refractivity contribution in [1.29, 1.82) is 0 Å². The molecule has 0 bridgehead atoms. The molecular weight excluding hydrogens is 336 g/mol. The van der Waals surface area contributed by atoms with Crippen LogP contribution < -0.4 is 5.32 Å². The molecule has 0 aliphatic carbocycles. The van der Waals surface area contributed by atoms with Crippen LogP contribution in [-0.2, 0) is 18.4 Å². The number of thioether (sulfide) groups is 1. The number of amides is 1. The minimum absolute atomic E-state index is 0.0341. The number of nitrogens with zero attached hydrogens (tertiary/aromatic N) is 3. The van der Waals surface area contributed by atoms with Crippen LogP contribution in [0.5, 0.6) is 0 Å². The van der Waals surface area contributed by atoms with E-state index in [0.717, 1.165) is 5.56 Å². The topological polar surface area (TPSA) is 73.0 Å². The third-order valence-corrected chi connectivity index (χ3v) is 4.95. The molecule has 1 aromatic carbocycles. The summed E-state index contributed by atoms with van der Waals surface area (Å²) in [5.74, 6) is 1.26. The molecule has 0 saturated carbocycles. The Balaban J connectivity index is 1.59. The summed E-state index contributed by atoms with van der Waals surface area (Å²) in [4.78, 5) is 12.3. The maximum absolute atomic E-state index is 12.3. The van der Waals surface area contributed by atoms with Crippen molar-refractivity contribution in [1.82, 2.24) is 20.1 Å². The highest BCUT2D eigenvalue weighted by Crippen LogP contribution is 2.25. The molecule has 0 fully saturated rings. The number of nitrogens with one attached hydrogen (secondary N) is 1. The highest BCUT2D eigenvalue weighted by atomic mass is 32.2. The van der Waals surface area contributed by atoms with Crippen LogP contribution in [0.15, 0.2) is 52.2 Å². The van der Waals surface area contributed by atoms with Crippen LogP contribution in [-0.4, -0.2) is 25.9 Å². The number of aromatic nitrogens is 3. The molecule has 1 N–H and O–H groups in total.